The molecule has 2 aliphatic rings. The van der Waals surface area contributed by atoms with Crippen molar-refractivity contribution in [3.8, 4) is 11.5 Å². The van der Waals surface area contributed by atoms with Crippen molar-refractivity contribution in [3.05, 3.63) is 42.5 Å². The van der Waals surface area contributed by atoms with Crippen molar-refractivity contribution >= 4 is 22.5 Å². The van der Waals surface area contributed by atoms with E-state index in [-0.39, 0.29) is 5.66 Å². The lowest BCUT2D eigenvalue weighted by atomic mass is 9.86. The molecule has 0 bridgehead atoms. The van der Waals surface area contributed by atoms with Crippen LogP contribution >= 0.6 is 0 Å². The van der Waals surface area contributed by atoms with E-state index in [4.69, 9.17) is 14.9 Å². The van der Waals surface area contributed by atoms with Gasteiger partial charge in [-0.05, 0) is 43.2 Å². The molecular formula is C20H22N4O2. The van der Waals surface area contributed by atoms with Crippen LogP contribution in [0.25, 0.3) is 22.6 Å². The minimum atomic E-state index is -0.313. The van der Waals surface area contributed by atoms with Gasteiger partial charge in [-0.2, -0.15) is 0 Å². The second kappa shape index (κ2) is 6.00. The van der Waals surface area contributed by atoms with Gasteiger partial charge in [0.2, 0.25) is 5.89 Å². The SMILES string of the molecule is NCC1(C2CCOCC2)Nc2ccc(-c3nc4ccccc4o3)cc2N1. The Morgan fingerprint density at radius 1 is 1.08 bits per heavy atom. The van der Waals surface area contributed by atoms with E-state index in [0.717, 1.165) is 54.1 Å². The maximum Gasteiger partial charge on any atom is 0.227 e. The second-order valence-electron chi connectivity index (χ2n) is 7.06. The lowest BCUT2D eigenvalue weighted by molar-refractivity contribution is 0.0497. The molecule has 1 aromatic heterocycles. The van der Waals surface area contributed by atoms with Crippen LogP contribution in [0.5, 0.6) is 0 Å². The Kier molecular flexibility index (Phi) is 3.62. The fourth-order valence-corrected chi connectivity index (χ4v) is 4.06. The number of aromatic nitrogens is 1. The average molecular weight is 350 g/mol. The summed E-state index contributed by atoms with van der Waals surface area (Å²) in [7, 11) is 0. The number of nitrogens with one attached hydrogen (secondary N) is 2. The van der Waals surface area contributed by atoms with Gasteiger partial charge in [0.05, 0.1) is 11.4 Å². The van der Waals surface area contributed by atoms with Gasteiger partial charge in [0.1, 0.15) is 11.2 Å². The molecule has 1 saturated heterocycles. The van der Waals surface area contributed by atoms with E-state index in [9.17, 15) is 0 Å². The third-order valence-corrected chi connectivity index (χ3v) is 5.52. The number of benzene rings is 2. The Bertz CT molecular complexity index is 915. The summed E-state index contributed by atoms with van der Waals surface area (Å²) >= 11 is 0. The van der Waals surface area contributed by atoms with Gasteiger partial charge in [-0.3, -0.25) is 0 Å². The van der Waals surface area contributed by atoms with Gasteiger partial charge in [-0.15, -0.1) is 0 Å². The highest BCUT2D eigenvalue weighted by molar-refractivity contribution is 5.82. The maximum atomic E-state index is 6.18. The molecule has 1 unspecified atom stereocenters. The molecule has 1 atom stereocenters. The zero-order valence-corrected chi connectivity index (χ0v) is 14.5. The lowest BCUT2D eigenvalue weighted by Crippen LogP contribution is -2.56. The fourth-order valence-electron chi connectivity index (χ4n) is 4.06. The molecule has 134 valence electrons. The molecule has 5 rings (SSSR count). The van der Waals surface area contributed by atoms with Crippen LogP contribution in [0.2, 0.25) is 0 Å². The molecule has 0 saturated carbocycles. The predicted molar refractivity (Wildman–Crippen MR) is 102 cm³/mol. The molecule has 26 heavy (non-hydrogen) atoms. The van der Waals surface area contributed by atoms with Crippen molar-refractivity contribution < 1.29 is 9.15 Å². The van der Waals surface area contributed by atoms with Crippen LogP contribution in [0.3, 0.4) is 0 Å². The van der Waals surface area contributed by atoms with Crippen LogP contribution < -0.4 is 16.4 Å². The highest BCUT2D eigenvalue weighted by Gasteiger charge is 2.42. The number of nitrogens with zero attached hydrogens (tertiary/aromatic N) is 1. The van der Waals surface area contributed by atoms with Crippen LogP contribution in [0.15, 0.2) is 46.9 Å². The van der Waals surface area contributed by atoms with Crippen LogP contribution in [-0.2, 0) is 4.74 Å². The summed E-state index contributed by atoms with van der Waals surface area (Å²) in [6.07, 6.45) is 2.01. The van der Waals surface area contributed by atoms with Gasteiger partial charge in [0.15, 0.2) is 5.58 Å². The Morgan fingerprint density at radius 3 is 2.69 bits per heavy atom. The molecule has 6 nitrogen and oxygen atoms in total. The van der Waals surface area contributed by atoms with Crippen molar-refractivity contribution in [2.45, 2.75) is 18.5 Å². The van der Waals surface area contributed by atoms with Gasteiger partial charge in [-0.1, -0.05) is 12.1 Å². The summed E-state index contributed by atoms with van der Waals surface area (Å²) in [6.45, 7) is 2.10. The summed E-state index contributed by atoms with van der Waals surface area (Å²) in [5.41, 5.74) is 10.6. The first-order chi connectivity index (χ1) is 12.8. The highest BCUT2D eigenvalue weighted by atomic mass is 16.5. The third-order valence-electron chi connectivity index (χ3n) is 5.52. The molecule has 3 aromatic rings. The number of hydrogen-bond acceptors (Lipinski definition) is 6. The van der Waals surface area contributed by atoms with E-state index >= 15 is 0 Å². The average Bonchev–Trinajstić information content (AvgIpc) is 3.30. The maximum absolute atomic E-state index is 6.18. The summed E-state index contributed by atoms with van der Waals surface area (Å²) in [5, 5.41) is 7.28. The van der Waals surface area contributed by atoms with Crippen molar-refractivity contribution in [1.29, 1.82) is 0 Å². The second-order valence-corrected chi connectivity index (χ2v) is 7.06. The minimum absolute atomic E-state index is 0.313. The first kappa shape index (κ1) is 15.7. The minimum Gasteiger partial charge on any atom is -0.436 e. The van der Waals surface area contributed by atoms with E-state index in [1.54, 1.807) is 0 Å². The Labute approximate surface area is 151 Å². The topological polar surface area (TPSA) is 85.3 Å². The van der Waals surface area contributed by atoms with Crippen molar-refractivity contribution in [3.63, 3.8) is 0 Å². The number of anilines is 2. The van der Waals surface area contributed by atoms with Gasteiger partial charge >= 0.3 is 0 Å². The Hall–Kier alpha value is -2.57. The number of hydrogen-bond donors (Lipinski definition) is 3. The van der Waals surface area contributed by atoms with E-state index < -0.39 is 0 Å². The quantitative estimate of drug-likeness (QED) is 0.671. The number of fused-ring (bicyclic) bond motifs is 2. The third kappa shape index (κ3) is 2.45. The zero-order chi connectivity index (χ0) is 17.6. The first-order valence-corrected chi connectivity index (χ1v) is 9.12. The number of nitrogens with two attached hydrogens (primary N) is 1. The summed E-state index contributed by atoms with van der Waals surface area (Å²) in [5.74, 6) is 1.06. The smallest absolute Gasteiger partial charge is 0.227 e. The molecule has 6 heteroatoms. The Morgan fingerprint density at radius 2 is 1.88 bits per heavy atom. The number of para-hydroxylation sites is 2. The molecule has 0 aliphatic carbocycles. The standard InChI is InChI=1S/C20H22N4O2/c21-12-20(14-7-9-25-10-8-14)23-15-6-5-13(11-17(15)24-20)19-22-16-3-1-2-4-18(16)26-19/h1-6,11,14,23-24H,7-10,12,21H2. The van der Waals surface area contributed by atoms with Gasteiger partial charge in [0.25, 0.3) is 0 Å². The van der Waals surface area contributed by atoms with Crippen molar-refractivity contribution in [2.24, 2.45) is 11.7 Å². The van der Waals surface area contributed by atoms with Crippen molar-refractivity contribution in [2.75, 3.05) is 30.4 Å². The molecule has 3 heterocycles. The summed E-state index contributed by atoms with van der Waals surface area (Å²) in [4.78, 5) is 4.60. The van der Waals surface area contributed by atoms with Gasteiger partial charge in [-0.25, -0.2) is 4.98 Å². The molecule has 4 N–H and O–H groups in total. The van der Waals surface area contributed by atoms with Crippen LogP contribution in [-0.4, -0.2) is 30.4 Å². The summed E-state index contributed by atoms with van der Waals surface area (Å²) < 4.78 is 11.4. The molecule has 0 spiro atoms. The van der Waals surface area contributed by atoms with Gasteiger partial charge in [0, 0.05) is 31.2 Å². The lowest BCUT2D eigenvalue weighted by Gasteiger charge is -2.39. The van der Waals surface area contributed by atoms with E-state index in [1.165, 1.54) is 0 Å². The Balaban J connectivity index is 1.48. The fraction of sp³-hybridized carbons (Fsp3) is 0.350. The predicted octanol–water partition coefficient (Wildman–Crippen LogP) is 3.41. The molecule has 0 radical (unpaired) electrons. The van der Waals surface area contributed by atoms with Crippen LogP contribution in [0, 0.1) is 5.92 Å². The van der Waals surface area contributed by atoms with Crippen LogP contribution in [0.1, 0.15) is 12.8 Å². The molecule has 0 amide bonds. The largest absolute Gasteiger partial charge is 0.436 e. The summed E-state index contributed by atoms with van der Waals surface area (Å²) in [6, 6.07) is 14.0. The monoisotopic (exact) mass is 350 g/mol. The van der Waals surface area contributed by atoms with Gasteiger partial charge < -0.3 is 25.5 Å². The van der Waals surface area contributed by atoms with E-state index in [2.05, 4.69) is 27.8 Å². The van der Waals surface area contributed by atoms with E-state index in [1.807, 2.05) is 30.3 Å². The first-order valence-electron chi connectivity index (χ1n) is 9.12. The number of rotatable bonds is 3. The molecular weight excluding hydrogens is 328 g/mol. The molecule has 2 aromatic carbocycles. The highest BCUT2D eigenvalue weighted by Crippen LogP contribution is 2.42. The zero-order valence-electron chi connectivity index (χ0n) is 14.5. The number of oxazole rings is 1. The number of ether oxygens (including phenoxy) is 1. The molecule has 1 fully saturated rings. The van der Waals surface area contributed by atoms with E-state index in [0.29, 0.717) is 18.4 Å². The van der Waals surface area contributed by atoms with Crippen LogP contribution in [0.4, 0.5) is 11.4 Å². The normalized spacial score (nSPS) is 22.8. The van der Waals surface area contributed by atoms with Crippen molar-refractivity contribution in [1.82, 2.24) is 4.98 Å². The molecule has 2 aliphatic heterocycles.